The molecule has 0 unspecified atom stereocenters. The predicted molar refractivity (Wildman–Crippen MR) is 124 cm³/mol. The number of methoxy groups -OCH3 is 1. The second-order valence-corrected chi connectivity index (χ2v) is 7.29. The topological polar surface area (TPSA) is 97.9 Å². The van der Waals surface area contributed by atoms with Crippen LogP contribution >= 0.6 is 28.1 Å². The molecule has 2 amide bonds. The number of thiocarbonyl (C=S) groups is 1. The quantitative estimate of drug-likeness (QED) is 0.207. The third-order valence-corrected chi connectivity index (χ3v) is 4.43. The number of carbonyl (C=O) groups excluding carboxylic acids is 2. The molecular formula is C21H22BrN3O5S. The monoisotopic (exact) mass is 507 g/mol. The molecule has 2 aromatic rings. The third-order valence-electron chi connectivity index (χ3n) is 3.73. The van der Waals surface area contributed by atoms with E-state index in [1.807, 2.05) is 0 Å². The van der Waals surface area contributed by atoms with Gasteiger partial charge in [0.15, 0.2) is 5.11 Å². The summed E-state index contributed by atoms with van der Waals surface area (Å²) in [6.45, 7) is 4.61. The van der Waals surface area contributed by atoms with Crippen LogP contribution in [0.4, 0.5) is 0 Å². The van der Waals surface area contributed by atoms with E-state index in [0.717, 1.165) is 0 Å². The molecule has 0 aliphatic heterocycles. The van der Waals surface area contributed by atoms with Gasteiger partial charge in [0, 0.05) is 17.1 Å². The van der Waals surface area contributed by atoms with Gasteiger partial charge in [-0.3, -0.25) is 25.8 Å². The van der Waals surface area contributed by atoms with E-state index in [2.05, 4.69) is 38.7 Å². The van der Waals surface area contributed by atoms with E-state index in [0.29, 0.717) is 34.7 Å². The van der Waals surface area contributed by atoms with E-state index in [-0.39, 0.29) is 17.3 Å². The maximum atomic E-state index is 12.6. The van der Waals surface area contributed by atoms with Gasteiger partial charge in [0.1, 0.15) is 24.7 Å². The second-order valence-electron chi connectivity index (χ2n) is 5.97. The highest BCUT2D eigenvalue weighted by atomic mass is 79.9. The Morgan fingerprint density at radius 1 is 1.06 bits per heavy atom. The Morgan fingerprint density at radius 3 is 2.48 bits per heavy atom. The van der Waals surface area contributed by atoms with Crippen molar-refractivity contribution in [2.75, 3.05) is 26.9 Å². The van der Waals surface area contributed by atoms with E-state index in [1.165, 1.54) is 0 Å². The first-order valence-corrected chi connectivity index (χ1v) is 10.3. The van der Waals surface area contributed by atoms with Crippen molar-refractivity contribution in [3.05, 3.63) is 70.7 Å². The van der Waals surface area contributed by atoms with Crippen molar-refractivity contribution in [2.24, 2.45) is 0 Å². The molecule has 2 rings (SSSR count). The maximum Gasteiger partial charge on any atom is 0.269 e. The molecule has 0 spiro atoms. The van der Waals surface area contributed by atoms with Crippen molar-refractivity contribution < 1.29 is 23.8 Å². The fourth-order valence-electron chi connectivity index (χ4n) is 2.29. The van der Waals surface area contributed by atoms with E-state index < -0.39 is 11.8 Å². The summed E-state index contributed by atoms with van der Waals surface area (Å²) in [6, 6.07) is 11.5. The zero-order valence-corrected chi connectivity index (χ0v) is 19.2. The van der Waals surface area contributed by atoms with Crippen LogP contribution in [0.1, 0.15) is 20.7 Å². The molecule has 0 fully saturated rings. The molecule has 31 heavy (non-hydrogen) atoms. The lowest BCUT2D eigenvalue weighted by Crippen LogP contribution is -2.48. The smallest absolute Gasteiger partial charge is 0.269 e. The number of amides is 2. The zero-order valence-electron chi connectivity index (χ0n) is 16.8. The lowest BCUT2D eigenvalue weighted by molar-refractivity contribution is 0.0933. The molecule has 3 N–H and O–H groups in total. The van der Waals surface area contributed by atoms with Crippen molar-refractivity contribution in [2.45, 2.75) is 0 Å². The van der Waals surface area contributed by atoms with Crippen molar-refractivity contribution in [1.29, 1.82) is 0 Å². The van der Waals surface area contributed by atoms with E-state index in [9.17, 15) is 9.59 Å². The van der Waals surface area contributed by atoms with Gasteiger partial charge in [0.05, 0.1) is 12.2 Å². The number of hydrazine groups is 1. The molecule has 0 aliphatic rings. The first-order valence-electron chi connectivity index (χ1n) is 9.11. The minimum atomic E-state index is -0.496. The second kappa shape index (κ2) is 12.7. The minimum absolute atomic E-state index is 0.0768. The summed E-state index contributed by atoms with van der Waals surface area (Å²) in [5.41, 5.74) is 5.58. The average Bonchev–Trinajstić information content (AvgIpc) is 2.77. The summed E-state index contributed by atoms with van der Waals surface area (Å²) in [7, 11) is 1.56. The molecular weight excluding hydrogens is 486 g/mol. The summed E-state index contributed by atoms with van der Waals surface area (Å²) < 4.78 is 16.6. The van der Waals surface area contributed by atoms with Crippen LogP contribution in [0.15, 0.2) is 59.6 Å². The van der Waals surface area contributed by atoms with Crippen molar-refractivity contribution >= 4 is 45.1 Å². The van der Waals surface area contributed by atoms with Gasteiger partial charge in [-0.05, 0) is 54.7 Å². The summed E-state index contributed by atoms with van der Waals surface area (Å²) in [5, 5.41) is 2.42. The molecule has 10 heteroatoms. The van der Waals surface area contributed by atoms with Gasteiger partial charge < -0.3 is 14.2 Å². The number of nitrogens with one attached hydrogen (secondary N) is 3. The van der Waals surface area contributed by atoms with Crippen LogP contribution < -0.4 is 25.6 Å². The summed E-state index contributed by atoms with van der Waals surface area (Å²) in [6.07, 6.45) is 1.63. The van der Waals surface area contributed by atoms with Gasteiger partial charge in [-0.1, -0.05) is 28.6 Å². The van der Waals surface area contributed by atoms with Gasteiger partial charge in [0.2, 0.25) is 0 Å². The largest absolute Gasteiger partial charge is 0.490 e. The van der Waals surface area contributed by atoms with Crippen molar-refractivity contribution in [3.8, 4) is 11.5 Å². The molecule has 2 aromatic carbocycles. The predicted octanol–water partition coefficient (Wildman–Crippen LogP) is 2.99. The highest BCUT2D eigenvalue weighted by Crippen LogP contribution is 2.23. The van der Waals surface area contributed by atoms with E-state index in [1.54, 1.807) is 55.7 Å². The van der Waals surface area contributed by atoms with Gasteiger partial charge in [-0.25, -0.2) is 0 Å². The van der Waals surface area contributed by atoms with Gasteiger partial charge in [-0.2, -0.15) is 0 Å². The lowest BCUT2D eigenvalue weighted by Gasteiger charge is -2.14. The number of benzene rings is 2. The zero-order chi connectivity index (χ0) is 22.6. The minimum Gasteiger partial charge on any atom is -0.490 e. The van der Waals surface area contributed by atoms with Gasteiger partial charge in [-0.15, -0.1) is 0 Å². The van der Waals surface area contributed by atoms with E-state index >= 15 is 0 Å². The molecule has 0 atom stereocenters. The van der Waals surface area contributed by atoms with Crippen molar-refractivity contribution in [3.63, 3.8) is 0 Å². The fourth-order valence-corrected chi connectivity index (χ4v) is 2.79. The van der Waals surface area contributed by atoms with Crippen LogP contribution in [-0.2, 0) is 4.74 Å². The SMILES string of the molecule is C=CCOc1ccc(C(=O)NNC(=S)NC(=O)c2cc(Br)ccc2OCCOC)cc1. The van der Waals surface area contributed by atoms with Crippen LogP contribution in [0, 0.1) is 0 Å². The Hall–Kier alpha value is -2.95. The molecule has 0 saturated heterocycles. The number of rotatable bonds is 9. The van der Waals surface area contributed by atoms with Crippen LogP contribution in [0.2, 0.25) is 0 Å². The van der Waals surface area contributed by atoms with Crippen LogP contribution in [0.3, 0.4) is 0 Å². The number of hydrogen-bond acceptors (Lipinski definition) is 6. The molecule has 0 radical (unpaired) electrons. The molecule has 164 valence electrons. The highest BCUT2D eigenvalue weighted by molar-refractivity contribution is 9.10. The van der Waals surface area contributed by atoms with Gasteiger partial charge >= 0.3 is 0 Å². The fraction of sp³-hybridized carbons (Fsp3) is 0.190. The third kappa shape index (κ3) is 8.00. The Morgan fingerprint density at radius 2 is 1.81 bits per heavy atom. The van der Waals surface area contributed by atoms with Crippen LogP contribution in [-0.4, -0.2) is 43.9 Å². The van der Waals surface area contributed by atoms with Crippen LogP contribution in [0.5, 0.6) is 11.5 Å². The van der Waals surface area contributed by atoms with Crippen LogP contribution in [0.25, 0.3) is 0 Å². The Labute approximate surface area is 194 Å². The molecule has 0 bridgehead atoms. The molecule has 0 saturated carbocycles. The number of ether oxygens (including phenoxy) is 3. The van der Waals surface area contributed by atoms with Gasteiger partial charge in [0.25, 0.3) is 11.8 Å². The standard InChI is InChI=1S/C21H22BrN3O5S/c1-3-10-29-16-7-4-14(5-8-16)19(26)24-25-21(31)23-20(27)17-13-15(22)6-9-18(17)30-12-11-28-2/h3-9,13H,1,10-12H2,2H3,(H,24,26)(H2,23,25,27,31). The number of halogens is 1. The number of hydrogen-bond donors (Lipinski definition) is 3. The lowest BCUT2D eigenvalue weighted by atomic mass is 10.2. The molecule has 0 aromatic heterocycles. The first kappa shape index (κ1) is 24.3. The average molecular weight is 508 g/mol. The normalized spacial score (nSPS) is 10.0. The summed E-state index contributed by atoms with van der Waals surface area (Å²) >= 11 is 8.42. The Balaban J connectivity index is 1.90. The first-order chi connectivity index (χ1) is 14.9. The number of carbonyl (C=O) groups is 2. The molecule has 0 heterocycles. The Bertz CT molecular complexity index is 937. The maximum absolute atomic E-state index is 12.6. The van der Waals surface area contributed by atoms with E-state index in [4.69, 9.17) is 26.4 Å². The molecule has 8 nitrogen and oxygen atoms in total. The summed E-state index contributed by atoms with van der Waals surface area (Å²) in [4.78, 5) is 24.8. The summed E-state index contributed by atoms with van der Waals surface area (Å²) in [5.74, 6) is 0.0650. The highest BCUT2D eigenvalue weighted by Gasteiger charge is 2.15. The molecule has 0 aliphatic carbocycles. The Kier molecular flexibility index (Phi) is 9.95. The van der Waals surface area contributed by atoms with Crippen molar-refractivity contribution in [1.82, 2.24) is 16.2 Å².